The highest BCUT2D eigenvalue weighted by Crippen LogP contribution is 2.47. The predicted molar refractivity (Wildman–Crippen MR) is 199 cm³/mol. The lowest BCUT2D eigenvalue weighted by Gasteiger charge is -2.08. The summed E-state index contributed by atoms with van der Waals surface area (Å²) < 4.78 is 1.92. The lowest BCUT2D eigenvalue weighted by atomic mass is 9.98. The summed E-state index contributed by atoms with van der Waals surface area (Å²) in [6.07, 6.45) is 2.07. The van der Waals surface area contributed by atoms with Crippen molar-refractivity contribution in [3.63, 3.8) is 0 Å². The van der Waals surface area contributed by atoms with Crippen LogP contribution < -0.4 is 0 Å². The maximum atomic E-state index is 5.04. The first-order valence-electron chi connectivity index (χ1n) is 15.9. The monoisotopic (exact) mass is 619 g/mol. The number of pyridine rings is 1. The first-order valence-corrected chi connectivity index (χ1v) is 17.7. The molecule has 222 valence electrons. The molecule has 0 aliphatic rings. The first kappa shape index (κ1) is 27.5. The number of hydrogen-bond acceptors (Lipinski definition) is 2. The van der Waals surface area contributed by atoms with Gasteiger partial charge in [-0.25, -0.2) is 9.50 Å². The van der Waals surface area contributed by atoms with Crippen LogP contribution in [-0.2, 0) is 6.66 Å². The second kappa shape index (κ2) is 11.2. The van der Waals surface area contributed by atoms with Crippen LogP contribution in [0.4, 0.5) is 0 Å². The normalized spacial score (nSPS) is 11.9. The first-order chi connectivity index (χ1) is 23.2. The van der Waals surface area contributed by atoms with E-state index in [1.165, 1.54) is 43.3 Å². The Morgan fingerprint density at radius 2 is 0.979 bits per heavy atom. The third-order valence-corrected chi connectivity index (χ3v) is 11.5. The minimum atomic E-state index is -0.274. The molecule has 0 bridgehead atoms. The van der Waals surface area contributed by atoms with Crippen molar-refractivity contribution in [3.05, 3.63) is 164 Å². The maximum Gasteiger partial charge on any atom is 0.182 e. The van der Waals surface area contributed by atoms with Gasteiger partial charge in [0.05, 0.1) is 0 Å². The smallest absolute Gasteiger partial charge is 0.182 e. The van der Waals surface area contributed by atoms with E-state index < -0.39 is 0 Å². The van der Waals surface area contributed by atoms with E-state index >= 15 is 0 Å². The third-order valence-electron chi connectivity index (χ3n) is 9.23. The van der Waals surface area contributed by atoms with Gasteiger partial charge in [0, 0.05) is 33.1 Å². The SMILES string of the molecule is Cp1c2ccccc2c2cc(-c3ccc(-c4ccc(-c5nc6c(-c7ccccc7)cc(-c7ccccc7)cn6n5)cc4)cc3)ccc21. The van der Waals surface area contributed by atoms with Crippen molar-refractivity contribution in [1.82, 2.24) is 14.6 Å². The van der Waals surface area contributed by atoms with Gasteiger partial charge in [0.25, 0.3) is 0 Å². The number of hydrogen-bond donors (Lipinski definition) is 0. The van der Waals surface area contributed by atoms with Gasteiger partial charge in [0.2, 0.25) is 0 Å². The van der Waals surface area contributed by atoms with Crippen LogP contribution in [0.15, 0.2) is 164 Å². The highest BCUT2D eigenvalue weighted by atomic mass is 31.1. The quantitative estimate of drug-likeness (QED) is 0.192. The van der Waals surface area contributed by atoms with Crippen molar-refractivity contribution in [2.24, 2.45) is 6.66 Å². The molecule has 3 nitrogen and oxygen atoms in total. The van der Waals surface area contributed by atoms with Crippen molar-refractivity contribution in [2.45, 2.75) is 0 Å². The molecule has 4 heteroatoms. The van der Waals surface area contributed by atoms with E-state index in [0.29, 0.717) is 5.82 Å². The fourth-order valence-electron chi connectivity index (χ4n) is 6.74. The number of rotatable bonds is 5. The maximum absolute atomic E-state index is 5.04. The van der Waals surface area contributed by atoms with E-state index in [9.17, 15) is 0 Å². The summed E-state index contributed by atoms with van der Waals surface area (Å²) in [6, 6.07) is 56.4. The summed E-state index contributed by atoms with van der Waals surface area (Å²) in [6.45, 7) is 2.37. The third kappa shape index (κ3) is 4.84. The molecule has 0 radical (unpaired) electrons. The molecule has 0 saturated heterocycles. The Labute approximate surface area is 274 Å². The van der Waals surface area contributed by atoms with Gasteiger partial charge in [-0.1, -0.05) is 140 Å². The van der Waals surface area contributed by atoms with Gasteiger partial charge in [0.1, 0.15) is 0 Å². The van der Waals surface area contributed by atoms with Crippen LogP contribution in [0.3, 0.4) is 0 Å². The molecule has 0 spiro atoms. The molecule has 1 unspecified atom stereocenters. The zero-order valence-corrected chi connectivity index (χ0v) is 26.8. The average Bonchev–Trinajstić information content (AvgIpc) is 3.71. The molecule has 0 aliphatic carbocycles. The van der Waals surface area contributed by atoms with Crippen LogP contribution >= 0.6 is 7.53 Å². The molecule has 0 amide bonds. The fourth-order valence-corrected chi connectivity index (χ4v) is 8.71. The lowest BCUT2D eigenvalue weighted by Crippen LogP contribution is -1.93. The average molecular weight is 620 g/mol. The molecule has 0 saturated carbocycles. The molecule has 9 rings (SSSR count). The zero-order chi connectivity index (χ0) is 31.3. The molecule has 0 aliphatic heterocycles. The Morgan fingerprint density at radius 1 is 0.447 bits per heavy atom. The molecule has 6 aromatic carbocycles. The molecule has 0 N–H and O–H groups in total. The van der Waals surface area contributed by atoms with Gasteiger partial charge in [-0.3, -0.25) is 0 Å². The second-order valence-corrected chi connectivity index (χ2v) is 14.1. The molecule has 3 aromatic heterocycles. The Morgan fingerprint density at radius 3 is 1.68 bits per heavy atom. The summed E-state index contributed by atoms with van der Waals surface area (Å²) in [5, 5.41) is 10.7. The summed E-state index contributed by atoms with van der Waals surface area (Å²) in [4.78, 5) is 5.04. The summed E-state index contributed by atoms with van der Waals surface area (Å²) in [5.74, 6) is 0.711. The van der Waals surface area contributed by atoms with E-state index in [0.717, 1.165) is 33.5 Å². The summed E-state index contributed by atoms with van der Waals surface area (Å²) in [7, 11) is -0.274. The van der Waals surface area contributed by atoms with Crippen molar-refractivity contribution in [2.75, 3.05) is 0 Å². The van der Waals surface area contributed by atoms with Gasteiger partial charge in [-0.2, -0.15) is 0 Å². The minimum Gasteiger partial charge on any atom is -0.219 e. The van der Waals surface area contributed by atoms with E-state index in [4.69, 9.17) is 10.1 Å². The second-order valence-electron chi connectivity index (χ2n) is 12.0. The van der Waals surface area contributed by atoms with Gasteiger partial charge in [-0.15, -0.1) is 12.6 Å². The number of fused-ring (bicyclic) bond motifs is 4. The van der Waals surface area contributed by atoms with E-state index in [2.05, 4.69) is 158 Å². The molecular weight excluding hydrogens is 589 g/mol. The van der Waals surface area contributed by atoms with Crippen molar-refractivity contribution < 1.29 is 0 Å². The lowest BCUT2D eigenvalue weighted by molar-refractivity contribution is 0.968. The number of aryl methyl sites for hydroxylation is 1. The number of aromatic nitrogens is 3. The minimum absolute atomic E-state index is 0.274. The van der Waals surface area contributed by atoms with Gasteiger partial charge in [-0.05, 0) is 69.0 Å². The highest BCUT2D eigenvalue weighted by Gasteiger charge is 2.15. The Kier molecular flexibility index (Phi) is 6.59. The Hall–Kier alpha value is -5.76. The van der Waals surface area contributed by atoms with Crippen LogP contribution in [0.25, 0.3) is 82.6 Å². The molecule has 9 aromatic rings. The van der Waals surface area contributed by atoms with E-state index in [1.54, 1.807) is 0 Å². The molecular formula is C43H30N3P. The summed E-state index contributed by atoms with van der Waals surface area (Å²) >= 11 is 0. The molecule has 0 fully saturated rings. The number of nitrogens with zero attached hydrogens (tertiary/aromatic N) is 3. The Balaban J connectivity index is 1.03. The highest BCUT2D eigenvalue weighted by molar-refractivity contribution is 7.59. The van der Waals surface area contributed by atoms with Crippen LogP contribution in [-0.4, -0.2) is 14.6 Å². The van der Waals surface area contributed by atoms with Crippen molar-refractivity contribution >= 4 is 34.2 Å². The van der Waals surface area contributed by atoms with Gasteiger partial charge in [0.15, 0.2) is 11.5 Å². The van der Waals surface area contributed by atoms with E-state index in [-0.39, 0.29) is 7.53 Å². The van der Waals surface area contributed by atoms with E-state index in [1.807, 2.05) is 16.6 Å². The van der Waals surface area contributed by atoms with Crippen molar-refractivity contribution in [1.29, 1.82) is 0 Å². The predicted octanol–water partition coefficient (Wildman–Crippen LogP) is 11.9. The zero-order valence-electron chi connectivity index (χ0n) is 25.9. The van der Waals surface area contributed by atoms with Crippen LogP contribution in [0.2, 0.25) is 0 Å². The van der Waals surface area contributed by atoms with Crippen LogP contribution in [0.5, 0.6) is 0 Å². The molecule has 3 heterocycles. The fraction of sp³-hybridized carbons (Fsp3) is 0.0233. The van der Waals surface area contributed by atoms with Crippen LogP contribution in [0, 0.1) is 0 Å². The Bertz CT molecular complexity index is 2540. The van der Waals surface area contributed by atoms with Crippen LogP contribution in [0.1, 0.15) is 0 Å². The number of benzene rings is 6. The van der Waals surface area contributed by atoms with Gasteiger partial charge < -0.3 is 0 Å². The molecule has 1 atom stereocenters. The van der Waals surface area contributed by atoms with Gasteiger partial charge >= 0.3 is 0 Å². The standard InChI is InChI=1S/C43H30N3P/c1-47-40-15-9-8-14-37(40)39-26-35(24-25-41(39)47)32-18-16-30(17-19-32)31-20-22-34(23-21-31)42-44-43-38(33-12-6-3-7-13-33)27-36(28-46(43)45-42)29-10-4-2-5-11-29/h2-28H,1H3. The topological polar surface area (TPSA) is 30.2 Å². The van der Waals surface area contributed by atoms with Crippen molar-refractivity contribution in [3.8, 4) is 55.9 Å². The summed E-state index contributed by atoms with van der Waals surface area (Å²) in [5.41, 5.74) is 11.1. The molecule has 47 heavy (non-hydrogen) atoms. The largest absolute Gasteiger partial charge is 0.219 e.